The van der Waals surface area contributed by atoms with Gasteiger partial charge in [-0.3, -0.25) is 4.98 Å². The van der Waals surface area contributed by atoms with Gasteiger partial charge in [-0.15, -0.1) is 0 Å². The highest BCUT2D eigenvalue weighted by Gasteiger charge is 2.05. The smallest absolute Gasteiger partial charge is 0.0767 e. The van der Waals surface area contributed by atoms with Crippen LogP contribution in [0, 0.1) is 0 Å². The van der Waals surface area contributed by atoms with Crippen LogP contribution in [0.15, 0.2) is 36.8 Å². The van der Waals surface area contributed by atoms with Crippen LogP contribution < -0.4 is 10.2 Å². The number of pyridine rings is 1. The lowest BCUT2D eigenvalue weighted by molar-refractivity contribution is 0.654. The fourth-order valence-corrected chi connectivity index (χ4v) is 2.17. The zero-order valence-electron chi connectivity index (χ0n) is 11.9. The van der Waals surface area contributed by atoms with E-state index in [9.17, 15) is 0 Å². The van der Waals surface area contributed by atoms with E-state index in [2.05, 4.69) is 45.0 Å². The number of nitrogens with zero attached hydrogens (tertiary/aromatic N) is 3. The number of aromatic nitrogens is 2. The van der Waals surface area contributed by atoms with E-state index in [-0.39, 0.29) is 0 Å². The summed E-state index contributed by atoms with van der Waals surface area (Å²) in [6.07, 6.45) is 6.98. The Kier molecular flexibility index (Phi) is 4.44. The predicted octanol–water partition coefficient (Wildman–Crippen LogP) is 2.97. The first-order valence-corrected chi connectivity index (χ1v) is 6.71. The molecular formula is C15H22N4. The van der Waals surface area contributed by atoms with Gasteiger partial charge >= 0.3 is 0 Å². The van der Waals surface area contributed by atoms with Crippen molar-refractivity contribution in [3.05, 3.63) is 42.5 Å². The third kappa shape index (κ3) is 3.28. The molecule has 0 spiro atoms. The molecule has 0 saturated carbocycles. The van der Waals surface area contributed by atoms with Gasteiger partial charge in [-0.1, -0.05) is 6.92 Å². The van der Waals surface area contributed by atoms with Crippen molar-refractivity contribution < 1.29 is 0 Å². The molecular weight excluding hydrogens is 236 g/mol. The van der Waals surface area contributed by atoms with Crippen LogP contribution in [-0.4, -0.2) is 23.6 Å². The molecule has 4 heteroatoms. The van der Waals surface area contributed by atoms with Crippen LogP contribution in [0.4, 0.5) is 11.4 Å². The summed E-state index contributed by atoms with van der Waals surface area (Å²) < 4.78 is 2.29. The molecule has 2 aromatic rings. The van der Waals surface area contributed by atoms with E-state index in [0.29, 0.717) is 0 Å². The Morgan fingerprint density at radius 2 is 2.16 bits per heavy atom. The molecule has 2 heterocycles. The molecule has 19 heavy (non-hydrogen) atoms. The average molecular weight is 258 g/mol. The van der Waals surface area contributed by atoms with E-state index >= 15 is 0 Å². The van der Waals surface area contributed by atoms with Gasteiger partial charge < -0.3 is 14.8 Å². The Morgan fingerprint density at radius 1 is 1.32 bits per heavy atom. The van der Waals surface area contributed by atoms with Crippen molar-refractivity contribution in [2.75, 3.05) is 24.3 Å². The zero-order chi connectivity index (χ0) is 13.7. The first-order chi connectivity index (χ1) is 9.22. The van der Waals surface area contributed by atoms with Crippen LogP contribution in [0.3, 0.4) is 0 Å². The lowest BCUT2D eigenvalue weighted by Gasteiger charge is -2.18. The van der Waals surface area contributed by atoms with Crippen molar-refractivity contribution in [2.24, 2.45) is 0 Å². The van der Waals surface area contributed by atoms with Crippen molar-refractivity contribution >= 4 is 11.4 Å². The molecule has 4 nitrogen and oxygen atoms in total. The SMILES string of the molecule is CCCn1cccc1CNc1cnccc1N(C)C. The summed E-state index contributed by atoms with van der Waals surface area (Å²) in [6, 6.07) is 6.28. The van der Waals surface area contributed by atoms with E-state index in [1.54, 1.807) is 0 Å². The Hall–Kier alpha value is -1.97. The third-order valence-corrected chi connectivity index (χ3v) is 3.13. The summed E-state index contributed by atoms with van der Waals surface area (Å²) in [5.74, 6) is 0. The largest absolute Gasteiger partial charge is 0.377 e. The zero-order valence-corrected chi connectivity index (χ0v) is 11.9. The number of hydrogen-bond donors (Lipinski definition) is 1. The summed E-state index contributed by atoms with van der Waals surface area (Å²) >= 11 is 0. The number of nitrogens with one attached hydrogen (secondary N) is 1. The summed E-state index contributed by atoms with van der Waals surface area (Å²) in [5.41, 5.74) is 3.52. The summed E-state index contributed by atoms with van der Waals surface area (Å²) in [5, 5.41) is 3.47. The summed E-state index contributed by atoms with van der Waals surface area (Å²) in [7, 11) is 4.08. The molecule has 2 rings (SSSR count). The van der Waals surface area contributed by atoms with Crippen LogP contribution in [0.5, 0.6) is 0 Å². The number of hydrogen-bond acceptors (Lipinski definition) is 3. The predicted molar refractivity (Wildman–Crippen MR) is 80.6 cm³/mol. The molecule has 0 aromatic carbocycles. The van der Waals surface area contributed by atoms with Crippen LogP contribution in [0.25, 0.3) is 0 Å². The number of rotatable bonds is 6. The van der Waals surface area contributed by atoms with Crippen molar-refractivity contribution in [1.29, 1.82) is 0 Å². The maximum absolute atomic E-state index is 4.19. The first-order valence-electron chi connectivity index (χ1n) is 6.71. The van der Waals surface area contributed by atoms with Gasteiger partial charge in [-0.25, -0.2) is 0 Å². The molecule has 1 N–H and O–H groups in total. The molecule has 102 valence electrons. The minimum absolute atomic E-state index is 0.819. The van der Waals surface area contributed by atoms with Crippen molar-refractivity contribution in [1.82, 2.24) is 9.55 Å². The highest BCUT2D eigenvalue weighted by atomic mass is 15.1. The fourth-order valence-electron chi connectivity index (χ4n) is 2.17. The topological polar surface area (TPSA) is 33.1 Å². The van der Waals surface area contributed by atoms with Gasteiger partial charge in [0, 0.05) is 38.7 Å². The van der Waals surface area contributed by atoms with Gasteiger partial charge in [-0.05, 0) is 24.6 Å². The van der Waals surface area contributed by atoms with Gasteiger partial charge in [-0.2, -0.15) is 0 Å². The summed E-state index contributed by atoms with van der Waals surface area (Å²) in [6.45, 7) is 4.08. The maximum Gasteiger partial charge on any atom is 0.0767 e. The Balaban J connectivity index is 2.08. The monoisotopic (exact) mass is 258 g/mol. The molecule has 0 aliphatic rings. The van der Waals surface area contributed by atoms with Crippen molar-refractivity contribution in [3.8, 4) is 0 Å². The van der Waals surface area contributed by atoms with Gasteiger partial charge in [0.15, 0.2) is 0 Å². The van der Waals surface area contributed by atoms with E-state index < -0.39 is 0 Å². The van der Waals surface area contributed by atoms with Crippen LogP contribution in [0.2, 0.25) is 0 Å². The standard InChI is InChI=1S/C15H22N4/c1-4-9-19-10-5-6-13(19)11-17-14-12-16-8-7-15(14)18(2)3/h5-8,10,12,17H,4,9,11H2,1-3H3. The first kappa shape index (κ1) is 13.5. The molecule has 2 aromatic heterocycles. The molecule has 0 bridgehead atoms. The number of anilines is 2. The second-order valence-electron chi connectivity index (χ2n) is 4.83. The van der Waals surface area contributed by atoms with Gasteiger partial charge in [0.05, 0.1) is 24.1 Å². The Morgan fingerprint density at radius 3 is 2.89 bits per heavy atom. The third-order valence-electron chi connectivity index (χ3n) is 3.13. The number of aryl methyl sites for hydroxylation is 1. The van der Waals surface area contributed by atoms with Gasteiger partial charge in [0.1, 0.15) is 0 Å². The molecule has 0 radical (unpaired) electrons. The molecule has 0 aliphatic heterocycles. The van der Waals surface area contributed by atoms with E-state index in [1.807, 2.05) is 32.6 Å². The molecule has 0 amide bonds. The second kappa shape index (κ2) is 6.27. The van der Waals surface area contributed by atoms with E-state index in [0.717, 1.165) is 30.9 Å². The Labute approximate surface area is 115 Å². The second-order valence-corrected chi connectivity index (χ2v) is 4.83. The Bertz CT molecular complexity index is 516. The maximum atomic E-state index is 4.19. The van der Waals surface area contributed by atoms with E-state index in [4.69, 9.17) is 0 Å². The highest BCUT2D eigenvalue weighted by molar-refractivity contribution is 5.68. The molecule has 0 unspecified atom stereocenters. The van der Waals surface area contributed by atoms with Gasteiger partial charge in [0.2, 0.25) is 0 Å². The highest BCUT2D eigenvalue weighted by Crippen LogP contribution is 2.22. The minimum atomic E-state index is 0.819. The molecule has 0 aliphatic carbocycles. The van der Waals surface area contributed by atoms with Gasteiger partial charge in [0.25, 0.3) is 0 Å². The van der Waals surface area contributed by atoms with Crippen LogP contribution >= 0.6 is 0 Å². The minimum Gasteiger partial charge on any atom is -0.377 e. The molecule has 0 atom stereocenters. The lowest BCUT2D eigenvalue weighted by atomic mass is 10.3. The lowest BCUT2D eigenvalue weighted by Crippen LogP contribution is -2.13. The van der Waals surface area contributed by atoms with Crippen molar-refractivity contribution in [3.63, 3.8) is 0 Å². The van der Waals surface area contributed by atoms with Crippen LogP contribution in [-0.2, 0) is 13.1 Å². The summed E-state index contributed by atoms with van der Waals surface area (Å²) in [4.78, 5) is 6.28. The normalized spacial score (nSPS) is 10.5. The van der Waals surface area contributed by atoms with Crippen molar-refractivity contribution in [2.45, 2.75) is 26.4 Å². The van der Waals surface area contributed by atoms with E-state index in [1.165, 1.54) is 5.69 Å². The average Bonchev–Trinajstić information content (AvgIpc) is 2.84. The quantitative estimate of drug-likeness (QED) is 0.864. The molecule has 0 saturated heterocycles. The molecule has 0 fully saturated rings. The van der Waals surface area contributed by atoms with Crippen LogP contribution in [0.1, 0.15) is 19.0 Å². The fraction of sp³-hybridized carbons (Fsp3) is 0.400.